The van der Waals surface area contributed by atoms with Crippen molar-refractivity contribution < 1.29 is 9.53 Å². The first kappa shape index (κ1) is 18.0. The molecule has 3 heteroatoms. The summed E-state index contributed by atoms with van der Waals surface area (Å²) in [5.74, 6) is 0.450. The van der Waals surface area contributed by atoms with Crippen LogP contribution in [-0.4, -0.2) is 37.1 Å². The van der Waals surface area contributed by atoms with E-state index in [1.54, 1.807) is 0 Å². The fourth-order valence-electron chi connectivity index (χ4n) is 3.31. The van der Waals surface area contributed by atoms with Crippen LogP contribution >= 0.6 is 0 Å². The van der Waals surface area contributed by atoms with Crippen molar-refractivity contribution in [3.8, 4) is 0 Å². The smallest absolute Gasteiger partial charge is 0.230 e. The minimum Gasteiger partial charge on any atom is -0.378 e. The first-order valence-electron chi connectivity index (χ1n) is 8.92. The van der Waals surface area contributed by atoms with Crippen LogP contribution < -0.4 is 0 Å². The highest BCUT2D eigenvalue weighted by Crippen LogP contribution is 2.27. The number of rotatable bonds is 6. The predicted molar refractivity (Wildman–Crippen MR) is 94.6 cm³/mol. The Balaban J connectivity index is 1.97. The van der Waals surface area contributed by atoms with E-state index in [2.05, 4.69) is 45.0 Å². The summed E-state index contributed by atoms with van der Waals surface area (Å²) in [5.41, 5.74) is 2.35. The van der Waals surface area contributed by atoms with Crippen LogP contribution in [0.5, 0.6) is 0 Å². The van der Waals surface area contributed by atoms with Crippen molar-refractivity contribution in [3.05, 3.63) is 35.4 Å². The highest BCUT2D eigenvalue weighted by atomic mass is 16.5. The zero-order valence-corrected chi connectivity index (χ0v) is 15.0. The predicted octanol–water partition coefficient (Wildman–Crippen LogP) is 4.15. The van der Waals surface area contributed by atoms with E-state index in [4.69, 9.17) is 4.74 Å². The number of benzene rings is 1. The molecule has 0 aliphatic carbocycles. The van der Waals surface area contributed by atoms with Crippen LogP contribution in [0.2, 0.25) is 0 Å². The Kier molecular flexibility index (Phi) is 6.64. The standard InChI is InChI=1S/C20H31NO2/c1-15(2)19(17-10-8-16(3)9-11-17)20(22)21(4)13-12-18-7-5-6-14-23-18/h8-11,15,18-19H,5-7,12-14H2,1-4H3. The van der Waals surface area contributed by atoms with E-state index in [0.717, 1.165) is 31.6 Å². The molecule has 2 unspecified atom stereocenters. The maximum Gasteiger partial charge on any atom is 0.230 e. The zero-order chi connectivity index (χ0) is 16.8. The van der Waals surface area contributed by atoms with Gasteiger partial charge in [0.25, 0.3) is 0 Å². The fourth-order valence-corrected chi connectivity index (χ4v) is 3.31. The van der Waals surface area contributed by atoms with Gasteiger partial charge in [-0.3, -0.25) is 4.79 Å². The maximum absolute atomic E-state index is 12.9. The molecule has 1 fully saturated rings. The second-order valence-corrected chi connectivity index (χ2v) is 7.17. The molecule has 0 N–H and O–H groups in total. The third-order valence-electron chi connectivity index (χ3n) is 4.81. The lowest BCUT2D eigenvalue weighted by Crippen LogP contribution is -2.36. The SMILES string of the molecule is Cc1ccc(C(C(=O)N(C)CCC2CCCCO2)C(C)C)cc1. The lowest BCUT2D eigenvalue weighted by atomic mass is 9.87. The summed E-state index contributed by atoms with van der Waals surface area (Å²) in [6.45, 7) is 7.98. The molecule has 3 nitrogen and oxygen atoms in total. The Bertz CT molecular complexity index is 489. The van der Waals surface area contributed by atoms with Gasteiger partial charge in [0.1, 0.15) is 0 Å². The molecule has 1 amide bonds. The summed E-state index contributed by atoms with van der Waals surface area (Å²) in [6.07, 6.45) is 4.83. The van der Waals surface area contributed by atoms with Gasteiger partial charge in [0.15, 0.2) is 0 Å². The number of likely N-dealkylation sites (N-methyl/N-ethyl adjacent to an activating group) is 1. The topological polar surface area (TPSA) is 29.5 Å². The molecule has 1 aromatic carbocycles. The van der Waals surface area contributed by atoms with Crippen LogP contribution in [0.4, 0.5) is 0 Å². The van der Waals surface area contributed by atoms with Gasteiger partial charge >= 0.3 is 0 Å². The lowest BCUT2D eigenvalue weighted by Gasteiger charge is -2.29. The quantitative estimate of drug-likeness (QED) is 0.789. The Hall–Kier alpha value is -1.35. The van der Waals surface area contributed by atoms with E-state index in [1.165, 1.54) is 18.4 Å². The molecule has 2 atom stereocenters. The van der Waals surface area contributed by atoms with Gasteiger partial charge in [0.2, 0.25) is 5.91 Å². The molecule has 1 heterocycles. The number of carbonyl (C=O) groups excluding carboxylic acids is 1. The van der Waals surface area contributed by atoms with Gasteiger partial charge in [-0.05, 0) is 44.1 Å². The van der Waals surface area contributed by atoms with Gasteiger partial charge in [-0.25, -0.2) is 0 Å². The Labute approximate surface area is 141 Å². The summed E-state index contributed by atoms with van der Waals surface area (Å²) < 4.78 is 5.78. The first-order valence-corrected chi connectivity index (χ1v) is 8.92. The van der Waals surface area contributed by atoms with Crippen LogP contribution in [0.15, 0.2) is 24.3 Å². The van der Waals surface area contributed by atoms with E-state index in [1.807, 2.05) is 11.9 Å². The van der Waals surface area contributed by atoms with Crippen molar-refractivity contribution in [2.45, 2.75) is 58.5 Å². The molecule has 1 aromatic rings. The van der Waals surface area contributed by atoms with E-state index in [-0.39, 0.29) is 11.8 Å². The summed E-state index contributed by atoms with van der Waals surface area (Å²) in [6, 6.07) is 8.37. The molecule has 2 rings (SSSR count). The zero-order valence-electron chi connectivity index (χ0n) is 15.0. The van der Waals surface area contributed by atoms with Gasteiger partial charge in [0, 0.05) is 20.2 Å². The Morgan fingerprint density at radius 2 is 1.96 bits per heavy atom. The molecule has 1 saturated heterocycles. The van der Waals surface area contributed by atoms with E-state index in [0.29, 0.717) is 12.0 Å². The normalized spacial score (nSPS) is 19.6. The Morgan fingerprint density at radius 1 is 1.26 bits per heavy atom. The highest BCUT2D eigenvalue weighted by Gasteiger charge is 2.27. The van der Waals surface area contributed by atoms with Crippen molar-refractivity contribution in [3.63, 3.8) is 0 Å². The molecule has 0 radical (unpaired) electrons. The summed E-state index contributed by atoms with van der Waals surface area (Å²) in [4.78, 5) is 14.8. The number of ether oxygens (including phenoxy) is 1. The molecule has 1 aliphatic rings. The van der Waals surface area contributed by atoms with Crippen molar-refractivity contribution in [2.24, 2.45) is 5.92 Å². The van der Waals surface area contributed by atoms with Crippen molar-refractivity contribution >= 4 is 5.91 Å². The molecule has 0 spiro atoms. The Morgan fingerprint density at radius 3 is 2.52 bits per heavy atom. The average Bonchev–Trinajstić information content (AvgIpc) is 2.55. The van der Waals surface area contributed by atoms with Crippen LogP contribution in [0.3, 0.4) is 0 Å². The molecule has 128 valence electrons. The number of hydrogen-bond acceptors (Lipinski definition) is 2. The van der Waals surface area contributed by atoms with Crippen molar-refractivity contribution in [2.75, 3.05) is 20.2 Å². The van der Waals surface area contributed by atoms with Crippen LogP contribution in [-0.2, 0) is 9.53 Å². The van der Waals surface area contributed by atoms with Gasteiger partial charge in [-0.15, -0.1) is 0 Å². The van der Waals surface area contributed by atoms with E-state index >= 15 is 0 Å². The number of carbonyl (C=O) groups is 1. The number of nitrogens with zero attached hydrogens (tertiary/aromatic N) is 1. The molecule has 0 bridgehead atoms. The number of hydrogen-bond donors (Lipinski definition) is 0. The molecule has 1 aliphatic heterocycles. The van der Waals surface area contributed by atoms with E-state index < -0.39 is 0 Å². The third-order valence-corrected chi connectivity index (χ3v) is 4.81. The lowest BCUT2D eigenvalue weighted by molar-refractivity contribution is -0.133. The minimum absolute atomic E-state index is 0.0622. The second kappa shape index (κ2) is 8.49. The summed E-state index contributed by atoms with van der Waals surface area (Å²) in [5, 5.41) is 0. The van der Waals surface area contributed by atoms with Gasteiger partial charge < -0.3 is 9.64 Å². The fraction of sp³-hybridized carbons (Fsp3) is 0.650. The van der Waals surface area contributed by atoms with Crippen LogP contribution in [0.1, 0.15) is 56.6 Å². The van der Waals surface area contributed by atoms with Crippen molar-refractivity contribution in [1.82, 2.24) is 4.90 Å². The minimum atomic E-state index is -0.0622. The average molecular weight is 317 g/mol. The van der Waals surface area contributed by atoms with Gasteiger partial charge in [-0.1, -0.05) is 43.7 Å². The van der Waals surface area contributed by atoms with E-state index in [9.17, 15) is 4.79 Å². The van der Waals surface area contributed by atoms with Crippen LogP contribution in [0.25, 0.3) is 0 Å². The van der Waals surface area contributed by atoms with Gasteiger partial charge in [0.05, 0.1) is 12.0 Å². The number of aryl methyl sites for hydroxylation is 1. The van der Waals surface area contributed by atoms with Crippen LogP contribution in [0, 0.1) is 12.8 Å². The van der Waals surface area contributed by atoms with Gasteiger partial charge in [-0.2, -0.15) is 0 Å². The monoisotopic (exact) mass is 317 g/mol. The first-order chi connectivity index (χ1) is 11.0. The second-order valence-electron chi connectivity index (χ2n) is 7.17. The summed E-state index contributed by atoms with van der Waals surface area (Å²) >= 11 is 0. The highest BCUT2D eigenvalue weighted by molar-refractivity contribution is 5.83. The molecule has 23 heavy (non-hydrogen) atoms. The molecular weight excluding hydrogens is 286 g/mol. The largest absolute Gasteiger partial charge is 0.378 e. The molecular formula is C20H31NO2. The summed E-state index contributed by atoms with van der Waals surface area (Å²) in [7, 11) is 1.93. The molecule has 0 aromatic heterocycles. The number of amides is 1. The maximum atomic E-state index is 12.9. The third kappa shape index (κ3) is 5.07. The van der Waals surface area contributed by atoms with Crippen molar-refractivity contribution in [1.29, 1.82) is 0 Å². The molecule has 0 saturated carbocycles.